The van der Waals surface area contributed by atoms with Gasteiger partial charge >= 0.3 is 5.97 Å². The van der Waals surface area contributed by atoms with Gasteiger partial charge in [-0.05, 0) is 70.1 Å². The molecule has 0 heterocycles. The second-order valence-electron chi connectivity index (χ2n) is 8.95. The lowest BCUT2D eigenvalue weighted by Crippen LogP contribution is -2.61. The third-order valence-corrected chi connectivity index (χ3v) is 7.89. The van der Waals surface area contributed by atoms with Crippen LogP contribution in [-0.2, 0) is 14.3 Å². The van der Waals surface area contributed by atoms with Crippen LogP contribution in [0, 0.1) is 23.2 Å². The van der Waals surface area contributed by atoms with Crippen molar-refractivity contribution >= 4 is 35.1 Å². The maximum Gasteiger partial charge on any atom is 0.315 e. The molecule has 0 aromatic rings. The molecule has 0 radical (unpaired) electrons. The summed E-state index contributed by atoms with van der Waals surface area (Å²) in [6.07, 6.45) is 6.77. The lowest BCUT2D eigenvalue weighted by Gasteiger charge is -2.57. The van der Waals surface area contributed by atoms with Crippen molar-refractivity contribution in [2.45, 2.75) is 74.8 Å². The van der Waals surface area contributed by atoms with Crippen molar-refractivity contribution in [3.05, 3.63) is 0 Å². The predicted molar refractivity (Wildman–Crippen MR) is 91.8 cm³/mol. The SMILES string of the molecule is C[C@@H](OC(=O)[C@@]1(C)CC1(Cl)Cl)C(=O)NC12CC3CC(CC(C3)C1)C2. The monoisotopic (exact) mass is 373 g/mol. The zero-order valence-corrected chi connectivity index (χ0v) is 15.8. The second-order valence-corrected chi connectivity index (χ2v) is 10.4. The molecule has 2 atom stereocenters. The standard InChI is InChI=1S/C18H25Cl2NO3/c1-10(24-15(23)16(2)9-18(16,19)20)14(22)21-17-6-11-3-12(7-17)5-13(4-11)8-17/h10-13H,3-9H2,1-2H3,(H,21,22)/t10-,11?,12?,13?,16-,17?/m1/s1. The molecule has 5 aliphatic carbocycles. The minimum atomic E-state index is -1.07. The summed E-state index contributed by atoms with van der Waals surface area (Å²) < 4.78 is 4.30. The highest BCUT2D eigenvalue weighted by Crippen LogP contribution is 2.64. The molecule has 5 rings (SSSR count). The lowest BCUT2D eigenvalue weighted by atomic mass is 9.53. The van der Waals surface area contributed by atoms with Gasteiger partial charge in [-0.2, -0.15) is 0 Å². The van der Waals surface area contributed by atoms with Crippen LogP contribution in [0.25, 0.3) is 0 Å². The van der Waals surface area contributed by atoms with Crippen molar-refractivity contribution in [1.82, 2.24) is 5.32 Å². The minimum absolute atomic E-state index is 0.0707. The Kier molecular flexibility index (Phi) is 3.72. The summed E-state index contributed by atoms with van der Waals surface area (Å²) in [4.78, 5) is 24.9. The minimum Gasteiger partial charge on any atom is -0.452 e. The van der Waals surface area contributed by atoms with E-state index in [4.69, 9.17) is 27.9 Å². The summed E-state index contributed by atoms with van der Waals surface area (Å²) in [7, 11) is 0. The average molecular weight is 374 g/mol. The molecule has 24 heavy (non-hydrogen) atoms. The van der Waals surface area contributed by atoms with Crippen molar-refractivity contribution in [3.63, 3.8) is 0 Å². The number of ether oxygens (including phenoxy) is 1. The molecule has 1 N–H and O–H groups in total. The van der Waals surface area contributed by atoms with Gasteiger partial charge in [0.05, 0.1) is 0 Å². The molecule has 5 saturated carbocycles. The highest BCUT2D eigenvalue weighted by Gasteiger charge is 2.69. The Bertz CT molecular complexity index is 556. The van der Waals surface area contributed by atoms with E-state index in [0.29, 0.717) is 6.42 Å². The molecule has 0 aromatic heterocycles. The molecular formula is C18H25Cl2NO3. The van der Waals surface area contributed by atoms with Crippen LogP contribution in [-0.4, -0.2) is 27.9 Å². The first kappa shape index (κ1) is 17.0. The molecule has 0 unspecified atom stereocenters. The zero-order valence-electron chi connectivity index (χ0n) is 14.2. The van der Waals surface area contributed by atoms with Gasteiger partial charge in [0, 0.05) is 12.0 Å². The molecule has 4 nitrogen and oxygen atoms in total. The maximum atomic E-state index is 12.6. The van der Waals surface area contributed by atoms with E-state index in [1.54, 1.807) is 13.8 Å². The highest BCUT2D eigenvalue weighted by atomic mass is 35.5. The normalized spacial score (nSPS) is 45.6. The summed E-state index contributed by atoms with van der Waals surface area (Å²) in [6, 6.07) is 0. The van der Waals surface area contributed by atoms with Gasteiger partial charge in [0.15, 0.2) is 6.10 Å². The van der Waals surface area contributed by atoms with E-state index >= 15 is 0 Å². The summed E-state index contributed by atoms with van der Waals surface area (Å²) in [5.74, 6) is 1.60. The van der Waals surface area contributed by atoms with E-state index < -0.39 is 21.8 Å². The van der Waals surface area contributed by atoms with Gasteiger partial charge in [-0.15, -0.1) is 23.2 Å². The fourth-order valence-corrected chi connectivity index (χ4v) is 6.28. The molecule has 4 bridgehead atoms. The van der Waals surface area contributed by atoms with Crippen molar-refractivity contribution in [2.75, 3.05) is 0 Å². The second kappa shape index (κ2) is 5.26. The lowest BCUT2D eigenvalue weighted by molar-refractivity contribution is -0.161. The molecular weight excluding hydrogens is 349 g/mol. The zero-order chi connectivity index (χ0) is 17.3. The number of carbonyl (C=O) groups excluding carboxylic acids is 2. The third kappa shape index (κ3) is 2.65. The van der Waals surface area contributed by atoms with Crippen LogP contribution in [0.2, 0.25) is 0 Å². The Morgan fingerprint density at radius 3 is 1.96 bits per heavy atom. The van der Waals surface area contributed by atoms with E-state index in [-0.39, 0.29) is 11.4 Å². The number of rotatable bonds is 4. The Morgan fingerprint density at radius 2 is 1.54 bits per heavy atom. The average Bonchev–Trinajstić information content (AvgIpc) is 2.96. The molecule has 5 fully saturated rings. The van der Waals surface area contributed by atoms with Crippen LogP contribution in [0.15, 0.2) is 0 Å². The van der Waals surface area contributed by atoms with Crippen LogP contribution in [0.4, 0.5) is 0 Å². The van der Waals surface area contributed by atoms with Crippen molar-refractivity contribution in [1.29, 1.82) is 0 Å². The van der Waals surface area contributed by atoms with Gasteiger partial charge in [0.2, 0.25) is 0 Å². The number of nitrogens with one attached hydrogen (secondary N) is 1. The van der Waals surface area contributed by atoms with Crippen LogP contribution < -0.4 is 5.32 Å². The number of carbonyl (C=O) groups is 2. The third-order valence-electron chi connectivity index (χ3n) is 6.79. The Labute approximate surface area is 153 Å². The van der Waals surface area contributed by atoms with E-state index in [1.807, 2.05) is 0 Å². The number of esters is 1. The number of hydrogen-bond donors (Lipinski definition) is 1. The first-order valence-electron chi connectivity index (χ1n) is 9.03. The molecule has 0 aromatic carbocycles. The summed E-state index contributed by atoms with van der Waals surface area (Å²) >= 11 is 12.0. The van der Waals surface area contributed by atoms with Gasteiger partial charge in [-0.3, -0.25) is 9.59 Å². The quantitative estimate of drug-likeness (QED) is 0.605. The van der Waals surface area contributed by atoms with Gasteiger partial charge in [0.1, 0.15) is 9.75 Å². The largest absolute Gasteiger partial charge is 0.452 e. The molecule has 0 aliphatic heterocycles. The van der Waals surface area contributed by atoms with Gasteiger partial charge < -0.3 is 10.1 Å². The van der Waals surface area contributed by atoms with Crippen molar-refractivity contribution in [2.24, 2.45) is 23.2 Å². The number of amides is 1. The van der Waals surface area contributed by atoms with Gasteiger partial charge in [-0.1, -0.05) is 0 Å². The smallest absolute Gasteiger partial charge is 0.315 e. The molecule has 5 aliphatic rings. The van der Waals surface area contributed by atoms with E-state index in [9.17, 15) is 9.59 Å². The number of hydrogen-bond acceptors (Lipinski definition) is 3. The predicted octanol–water partition coefficient (Wildman–Crippen LogP) is 3.59. The van der Waals surface area contributed by atoms with Crippen LogP contribution in [0.3, 0.4) is 0 Å². The molecule has 134 valence electrons. The van der Waals surface area contributed by atoms with E-state index in [0.717, 1.165) is 37.0 Å². The van der Waals surface area contributed by atoms with Crippen LogP contribution >= 0.6 is 23.2 Å². The Balaban J connectivity index is 1.37. The molecule has 0 saturated heterocycles. The van der Waals surface area contributed by atoms with Crippen molar-refractivity contribution < 1.29 is 14.3 Å². The first-order valence-corrected chi connectivity index (χ1v) is 9.79. The van der Waals surface area contributed by atoms with Crippen LogP contribution in [0.1, 0.15) is 58.8 Å². The van der Waals surface area contributed by atoms with E-state index in [2.05, 4.69) is 5.32 Å². The fourth-order valence-electron chi connectivity index (χ4n) is 5.59. The van der Waals surface area contributed by atoms with Gasteiger partial charge in [0.25, 0.3) is 5.91 Å². The summed E-state index contributed by atoms with van der Waals surface area (Å²) in [5.41, 5.74) is -0.968. The number of halogens is 2. The summed E-state index contributed by atoms with van der Waals surface area (Å²) in [5, 5.41) is 3.24. The number of alkyl halides is 2. The highest BCUT2D eigenvalue weighted by molar-refractivity contribution is 6.53. The van der Waals surface area contributed by atoms with E-state index in [1.165, 1.54) is 19.3 Å². The van der Waals surface area contributed by atoms with Crippen LogP contribution in [0.5, 0.6) is 0 Å². The topological polar surface area (TPSA) is 55.4 Å². The molecule has 0 spiro atoms. The Morgan fingerprint density at radius 1 is 1.08 bits per heavy atom. The first-order chi connectivity index (χ1) is 11.1. The maximum absolute atomic E-state index is 12.6. The molecule has 1 amide bonds. The van der Waals surface area contributed by atoms with Crippen molar-refractivity contribution in [3.8, 4) is 0 Å². The fraction of sp³-hybridized carbons (Fsp3) is 0.889. The molecule has 6 heteroatoms. The Hall–Kier alpha value is -0.480. The summed E-state index contributed by atoms with van der Waals surface area (Å²) in [6.45, 7) is 3.31. The van der Waals surface area contributed by atoms with Gasteiger partial charge in [-0.25, -0.2) is 0 Å².